The molecule has 1 aliphatic heterocycles. The third-order valence-electron chi connectivity index (χ3n) is 4.51. The molecule has 0 aromatic carbocycles. The number of pyridine rings is 1. The van der Waals surface area contributed by atoms with E-state index in [2.05, 4.69) is 38.3 Å². The van der Waals surface area contributed by atoms with Crippen LogP contribution in [0.3, 0.4) is 0 Å². The van der Waals surface area contributed by atoms with Crippen molar-refractivity contribution >= 4 is 11.3 Å². The zero-order chi connectivity index (χ0) is 16.4. The van der Waals surface area contributed by atoms with Crippen molar-refractivity contribution in [3.05, 3.63) is 58.6 Å². The Bertz CT molecular complexity index is 795. The molecule has 0 saturated carbocycles. The molecule has 24 heavy (non-hydrogen) atoms. The lowest BCUT2D eigenvalue weighted by Crippen LogP contribution is -2.22. The van der Waals surface area contributed by atoms with E-state index in [-0.39, 0.29) is 0 Å². The lowest BCUT2D eigenvalue weighted by molar-refractivity contribution is 0.309. The monoisotopic (exact) mass is 339 g/mol. The van der Waals surface area contributed by atoms with Crippen molar-refractivity contribution < 1.29 is 0 Å². The van der Waals surface area contributed by atoms with E-state index in [4.69, 9.17) is 0 Å². The van der Waals surface area contributed by atoms with Crippen LogP contribution in [0.25, 0.3) is 5.69 Å². The molecule has 6 heteroatoms. The van der Waals surface area contributed by atoms with E-state index in [1.807, 2.05) is 35.4 Å². The van der Waals surface area contributed by atoms with Gasteiger partial charge in [-0.15, -0.1) is 11.3 Å². The van der Waals surface area contributed by atoms with Crippen LogP contribution in [-0.4, -0.2) is 37.7 Å². The van der Waals surface area contributed by atoms with E-state index >= 15 is 0 Å². The Labute approximate surface area is 146 Å². The molecule has 0 spiro atoms. The van der Waals surface area contributed by atoms with Crippen LogP contribution in [0.2, 0.25) is 0 Å². The fraction of sp³-hybridized carbons (Fsp3) is 0.389. The fourth-order valence-corrected chi connectivity index (χ4v) is 4.25. The Morgan fingerprint density at radius 1 is 1.21 bits per heavy atom. The van der Waals surface area contributed by atoms with Crippen LogP contribution in [0, 0.1) is 12.8 Å². The SMILES string of the molecule is Cc1csc(CC2CCN(Cc3ccnn3-c3ccncc3)C2)n1. The molecule has 0 aliphatic carbocycles. The molecule has 124 valence electrons. The zero-order valence-corrected chi connectivity index (χ0v) is 14.6. The van der Waals surface area contributed by atoms with Crippen LogP contribution in [0.4, 0.5) is 0 Å². The molecule has 1 aliphatic rings. The molecule has 5 nitrogen and oxygen atoms in total. The maximum absolute atomic E-state index is 4.61. The van der Waals surface area contributed by atoms with Gasteiger partial charge in [-0.1, -0.05) is 0 Å². The quantitative estimate of drug-likeness (QED) is 0.717. The number of hydrogen-bond donors (Lipinski definition) is 0. The highest BCUT2D eigenvalue weighted by molar-refractivity contribution is 7.09. The Kier molecular flexibility index (Phi) is 4.40. The lowest BCUT2D eigenvalue weighted by atomic mass is 10.1. The van der Waals surface area contributed by atoms with Gasteiger partial charge in [-0.2, -0.15) is 5.10 Å². The molecule has 3 aromatic rings. The van der Waals surface area contributed by atoms with Crippen molar-refractivity contribution in [2.75, 3.05) is 13.1 Å². The second-order valence-corrected chi connectivity index (χ2v) is 7.36. The zero-order valence-electron chi connectivity index (χ0n) is 13.8. The normalized spacial score (nSPS) is 18.3. The number of likely N-dealkylation sites (tertiary alicyclic amines) is 1. The molecule has 1 atom stereocenters. The maximum atomic E-state index is 4.61. The van der Waals surface area contributed by atoms with Crippen molar-refractivity contribution in [2.45, 2.75) is 26.3 Å². The van der Waals surface area contributed by atoms with Gasteiger partial charge in [0.2, 0.25) is 0 Å². The van der Waals surface area contributed by atoms with E-state index in [9.17, 15) is 0 Å². The van der Waals surface area contributed by atoms with Crippen LogP contribution in [0.1, 0.15) is 22.8 Å². The van der Waals surface area contributed by atoms with Gasteiger partial charge >= 0.3 is 0 Å². The molecule has 4 heterocycles. The molecule has 4 rings (SSSR count). The average Bonchev–Trinajstić information content (AvgIpc) is 3.32. The van der Waals surface area contributed by atoms with Crippen molar-refractivity contribution in [2.24, 2.45) is 5.92 Å². The first-order valence-corrected chi connectivity index (χ1v) is 9.22. The summed E-state index contributed by atoms with van der Waals surface area (Å²) >= 11 is 1.79. The first-order valence-electron chi connectivity index (χ1n) is 8.34. The third-order valence-corrected chi connectivity index (χ3v) is 5.50. The molecule has 1 unspecified atom stereocenters. The van der Waals surface area contributed by atoms with Gasteiger partial charge in [0.05, 0.1) is 16.4 Å². The number of thiazole rings is 1. The van der Waals surface area contributed by atoms with Crippen molar-refractivity contribution in [3.63, 3.8) is 0 Å². The standard InChI is InChI=1S/C18H21N5S/c1-14-13-24-18(21-14)10-15-5-9-22(11-15)12-17-4-8-20-23(17)16-2-6-19-7-3-16/h2-4,6-8,13,15H,5,9-12H2,1H3. The number of aryl methyl sites for hydroxylation is 1. The third kappa shape index (κ3) is 3.39. The fourth-order valence-electron chi connectivity index (χ4n) is 3.36. The molecule has 0 bridgehead atoms. The summed E-state index contributed by atoms with van der Waals surface area (Å²) in [7, 11) is 0. The Morgan fingerprint density at radius 2 is 2.08 bits per heavy atom. The summed E-state index contributed by atoms with van der Waals surface area (Å²) in [6.45, 7) is 5.30. The van der Waals surface area contributed by atoms with Gasteiger partial charge in [-0.05, 0) is 44.0 Å². The van der Waals surface area contributed by atoms with E-state index in [0.29, 0.717) is 5.92 Å². The molecule has 0 N–H and O–H groups in total. The van der Waals surface area contributed by atoms with Crippen LogP contribution >= 0.6 is 11.3 Å². The predicted octanol–water partition coefficient (Wildman–Crippen LogP) is 3.10. The van der Waals surface area contributed by atoms with E-state index in [1.54, 1.807) is 11.3 Å². The number of aromatic nitrogens is 4. The van der Waals surface area contributed by atoms with Crippen LogP contribution < -0.4 is 0 Å². The largest absolute Gasteiger partial charge is 0.297 e. The highest BCUT2D eigenvalue weighted by Gasteiger charge is 2.24. The van der Waals surface area contributed by atoms with E-state index in [0.717, 1.165) is 37.4 Å². The van der Waals surface area contributed by atoms with Crippen LogP contribution in [0.15, 0.2) is 42.2 Å². The first-order chi connectivity index (χ1) is 11.8. The molecule has 3 aromatic heterocycles. The van der Waals surface area contributed by atoms with Gasteiger partial charge in [0, 0.05) is 49.2 Å². The van der Waals surface area contributed by atoms with Gasteiger partial charge in [0.15, 0.2) is 0 Å². The topological polar surface area (TPSA) is 46.8 Å². The lowest BCUT2D eigenvalue weighted by Gasteiger charge is -2.16. The van der Waals surface area contributed by atoms with Gasteiger partial charge < -0.3 is 0 Å². The second kappa shape index (κ2) is 6.83. The number of rotatable bonds is 5. The van der Waals surface area contributed by atoms with Gasteiger partial charge in [0.25, 0.3) is 0 Å². The summed E-state index contributed by atoms with van der Waals surface area (Å²) in [5.41, 5.74) is 3.44. The van der Waals surface area contributed by atoms with Crippen molar-refractivity contribution in [3.8, 4) is 5.69 Å². The summed E-state index contributed by atoms with van der Waals surface area (Å²) in [6.07, 6.45) is 7.85. The smallest absolute Gasteiger partial charge is 0.0931 e. The van der Waals surface area contributed by atoms with Crippen molar-refractivity contribution in [1.29, 1.82) is 0 Å². The molecule has 1 fully saturated rings. The maximum Gasteiger partial charge on any atom is 0.0931 e. The number of hydrogen-bond acceptors (Lipinski definition) is 5. The van der Waals surface area contributed by atoms with Gasteiger partial charge in [0.1, 0.15) is 0 Å². The van der Waals surface area contributed by atoms with Gasteiger partial charge in [-0.3, -0.25) is 9.88 Å². The van der Waals surface area contributed by atoms with Crippen molar-refractivity contribution in [1.82, 2.24) is 24.6 Å². The summed E-state index contributed by atoms with van der Waals surface area (Å²) < 4.78 is 2.01. The summed E-state index contributed by atoms with van der Waals surface area (Å²) in [4.78, 5) is 11.2. The van der Waals surface area contributed by atoms with Gasteiger partial charge in [-0.25, -0.2) is 9.67 Å². The summed E-state index contributed by atoms with van der Waals surface area (Å²) in [5, 5.41) is 7.90. The number of nitrogens with zero attached hydrogens (tertiary/aromatic N) is 5. The minimum Gasteiger partial charge on any atom is -0.297 e. The summed E-state index contributed by atoms with van der Waals surface area (Å²) in [5.74, 6) is 0.716. The highest BCUT2D eigenvalue weighted by Crippen LogP contribution is 2.24. The molecular formula is C18H21N5S. The Morgan fingerprint density at radius 3 is 2.88 bits per heavy atom. The Balaban J connectivity index is 1.40. The van der Waals surface area contributed by atoms with Crippen LogP contribution in [0.5, 0.6) is 0 Å². The molecule has 0 radical (unpaired) electrons. The minimum absolute atomic E-state index is 0.716. The molecule has 0 amide bonds. The predicted molar refractivity (Wildman–Crippen MR) is 95.3 cm³/mol. The highest BCUT2D eigenvalue weighted by atomic mass is 32.1. The second-order valence-electron chi connectivity index (χ2n) is 6.42. The average molecular weight is 339 g/mol. The molecule has 1 saturated heterocycles. The Hall–Kier alpha value is -2.05. The molecular weight excluding hydrogens is 318 g/mol. The van der Waals surface area contributed by atoms with E-state index < -0.39 is 0 Å². The minimum atomic E-state index is 0.716. The summed E-state index contributed by atoms with van der Waals surface area (Å²) in [6, 6.07) is 6.10. The van der Waals surface area contributed by atoms with Crippen LogP contribution in [-0.2, 0) is 13.0 Å². The first kappa shape index (κ1) is 15.5. The van der Waals surface area contributed by atoms with E-state index in [1.165, 1.54) is 17.1 Å².